The van der Waals surface area contributed by atoms with Crippen LogP contribution in [-0.2, 0) is 0 Å². The lowest BCUT2D eigenvalue weighted by Gasteiger charge is -2.29. The van der Waals surface area contributed by atoms with Crippen LogP contribution in [0.2, 0.25) is 0 Å². The molecule has 0 saturated heterocycles. The molecule has 88 valence electrons. The molecular formula is C12H16FIN2. The smallest absolute Gasteiger partial charge is 0.138 e. The third kappa shape index (κ3) is 2.12. The lowest BCUT2D eigenvalue weighted by atomic mass is 10.2. The van der Waals surface area contributed by atoms with E-state index in [2.05, 4.69) is 24.1 Å². The number of fused-ring (bicyclic) bond motifs is 1. The van der Waals surface area contributed by atoms with E-state index >= 15 is 0 Å². The molecule has 0 aliphatic carbocycles. The first-order chi connectivity index (χ1) is 7.63. The molecule has 2 rings (SSSR count). The van der Waals surface area contributed by atoms with Crippen LogP contribution in [0.15, 0.2) is 12.1 Å². The summed E-state index contributed by atoms with van der Waals surface area (Å²) in [6.07, 6.45) is 1.08. The van der Waals surface area contributed by atoms with E-state index in [1.54, 1.807) is 6.07 Å². The van der Waals surface area contributed by atoms with E-state index in [-0.39, 0.29) is 5.82 Å². The molecule has 4 heteroatoms. The minimum atomic E-state index is -0.131. The molecule has 0 amide bonds. The number of benzene rings is 1. The highest BCUT2D eigenvalue weighted by Gasteiger charge is 2.21. The summed E-state index contributed by atoms with van der Waals surface area (Å²) >= 11 is 2.03. The van der Waals surface area contributed by atoms with Crippen molar-refractivity contribution in [2.75, 3.05) is 23.3 Å². The molecule has 0 aromatic heterocycles. The zero-order valence-corrected chi connectivity index (χ0v) is 11.7. The van der Waals surface area contributed by atoms with Crippen LogP contribution in [0, 0.1) is 9.39 Å². The summed E-state index contributed by atoms with van der Waals surface area (Å²) in [5.41, 5.74) is 2.04. The molecule has 0 spiro atoms. The van der Waals surface area contributed by atoms with Gasteiger partial charge in [0.25, 0.3) is 0 Å². The standard InChI is InChI=1S/C12H16FIN2/c1-3-16-8(2)4-5-15-11-7-10(14)9(13)6-12(11)16/h6-8,15H,3-5H2,1-2H3. The summed E-state index contributed by atoms with van der Waals surface area (Å²) in [5, 5.41) is 3.37. The second-order valence-corrected chi connectivity index (χ2v) is 5.30. The maximum absolute atomic E-state index is 13.6. The van der Waals surface area contributed by atoms with Crippen LogP contribution < -0.4 is 10.2 Å². The number of rotatable bonds is 1. The molecule has 1 heterocycles. The molecule has 2 nitrogen and oxygen atoms in total. The van der Waals surface area contributed by atoms with Crippen LogP contribution in [0.5, 0.6) is 0 Å². The monoisotopic (exact) mass is 334 g/mol. The van der Waals surface area contributed by atoms with E-state index in [0.717, 1.165) is 30.9 Å². The lowest BCUT2D eigenvalue weighted by molar-refractivity contribution is 0.609. The summed E-state index contributed by atoms with van der Waals surface area (Å²) in [6, 6.07) is 4.00. The minimum Gasteiger partial charge on any atom is -0.383 e. The van der Waals surface area contributed by atoms with Crippen molar-refractivity contribution in [3.8, 4) is 0 Å². The van der Waals surface area contributed by atoms with Gasteiger partial charge < -0.3 is 10.2 Å². The third-order valence-corrected chi connectivity index (χ3v) is 3.93. The molecule has 1 aromatic carbocycles. The predicted molar refractivity (Wildman–Crippen MR) is 74.7 cm³/mol. The Hall–Kier alpha value is -0.520. The first kappa shape index (κ1) is 12.0. The summed E-state index contributed by atoms with van der Waals surface area (Å²) in [7, 11) is 0. The Morgan fingerprint density at radius 3 is 3.00 bits per heavy atom. The van der Waals surface area contributed by atoms with E-state index in [9.17, 15) is 4.39 Å². The number of hydrogen-bond donors (Lipinski definition) is 1. The molecule has 1 atom stereocenters. The van der Waals surface area contributed by atoms with Gasteiger partial charge in [-0.1, -0.05) is 0 Å². The molecule has 16 heavy (non-hydrogen) atoms. The SMILES string of the molecule is CCN1c2cc(F)c(I)cc2NCCC1C. The highest BCUT2D eigenvalue weighted by Crippen LogP contribution is 2.33. The molecule has 1 aromatic rings. The van der Waals surface area contributed by atoms with E-state index in [1.165, 1.54) is 0 Å². The summed E-state index contributed by atoms with van der Waals surface area (Å²) in [6.45, 7) is 6.17. The number of nitrogens with zero attached hydrogens (tertiary/aromatic N) is 1. The van der Waals surface area contributed by atoms with Crippen molar-refractivity contribution in [1.29, 1.82) is 0 Å². The molecule has 1 aliphatic heterocycles. The van der Waals surface area contributed by atoms with Crippen molar-refractivity contribution < 1.29 is 4.39 Å². The highest BCUT2D eigenvalue weighted by molar-refractivity contribution is 14.1. The second kappa shape index (κ2) is 4.77. The lowest BCUT2D eigenvalue weighted by Crippen LogP contribution is -2.32. The Labute approximate surface area is 109 Å². The first-order valence-electron chi connectivity index (χ1n) is 5.63. The fourth-order valence-electron chi connectivity index (χ4n) is 2.21. The summed E-state index contributed by atoms with van der Waals surface area (Å²) < 4.78 is 14.3. The van der Waals surface area contributed by atoms with Gasteiger partial charge in [0.1, 0.15) is 5.82 Å². The number of halogens is 2. The normalized spacial score (nSPS) is 20.0. The topological polar surface area (TPSA) is 15.3 Å². The van der Waals surface area contributed by atoms with Crippen molar-refractivity contribution in [3.63, 3.8) is 0 Å². The van der Waals surface area contributed by atoms with Gasteiger partial charge in [0.15, 0.2) is 0 Å². The first-order valence-corrected chi connectivity index (χ1v) is 6.71. The number of anilines is 2. The maximum Gasteiger partial charge on any atom is 0.138 e. The molecule has 1 aliphatic rings. The summed E-state index contributed by atoms with van der Waals surface area (Å²) in [4.78, 5) is 2.26. The Bertz CT molecular complexity index is 395. The van der Waals surface area contributed by atoms with Crippen LogP contribution in [0.3, 0.4) is 0 Å². The van der Waals surface area contributed by atoms with Gasteiger partial charge in [0, 0.05) is 25.2 Å². The Balaban J connectivity index is 2.49. The number of hydrogen-bond acceptors (Lipinski definition) is 2. The van der Waals surface area contributed by atoms with Gasteiger partial charge in [0.05, 0.1) is 14.9 Å². The van der Waals surface area contributed by atoms with E-state index in [0.29, 0.717) is 9.61 Å². The van der Waals surface area contributed by atoms with E-state index in [4.69, 9.17) is 0 Å². The Kier molecular flexibility index (Phi) is 3.56. The van der Waals surface area contributed by atoms with Crippen LogP contribution >= 0.6 is 22.6 Å². The van der Waals surface area contributed by atoms with Gasteiger partial charge >= 0.3 is 0 Å². The predicted octanol–water partition coefficient (Wildman–Crippen LogP) is 3.46. The fourth-order valence-corrected chi connectivity index (χ4v) is 2.67. The maximum atomic E-state index is 13.6. The zero-order chi connectivity index (χ0) is 11.7. The van der Waals surface area contributed by atoms with Gasteiger partial charge in [-0.15, -0.1) is 0 Å². The average molecular weight is 334 g/mol. The second-order valence-electron chi connectivity index (χ2n) is 4.13. The molecule has 0 saturated carbocycles. The molecule has 0 radical (unpaired) electrons. The Morgan fingerprint density at radius 2 is 2.31 bits per heavy atom. The van der Waals surface area contributed by atoms with Crippen LogP contribution in [0.1, 0.15) is 20.3 Å². The molecule has 0 bridgehead atoms. The van der Waals surface area contributed by atoms with Gasteiger partial charge in [-0.25, -0.2) is 4.39 Å². The van der Waals surface area contributed by atoms with Crippen molar-refractivity contribution in [1.82, 2.24) is 0 Å². The van der Waals surface area contributed by atoms with Crippen LogP contribution in [0.4, 0.5) is 15.8 Å². The molecule has 0 fully saturated rings. The Morgan fingerprint density at radius 1 is 1.56 bits per heavy atom. The van der Waals surface area contributed by atoms with Crippen LogP contribution in [0.25, 0.3) is 0 Å². The highest BCUT2D eigenvalue weighted by atomic mass is 127. The molecule has 1 N–H and O–H groups in total. The van der Waals surface area contributed by atoms with Crippen molar-refractivity contribution in [2.45, 2.75) is 26.3 Å². The largest absolute Gasteiger partial charge is 0.383 e. The summed E-state index contributed by atoms with van der Waals surface area (Å²) in [5.74, 6) is -0.131. The molecular weight excluding hydrogens is 318 g/mol. The van der Waals surface area contributed by atoms with Gasteiger partial charge in [0.2, 0.25) is 0 Å². The van der Waals surface area contributed by atoms with Crippen LogP contribution in [-0.4, -0.2) is 19.1 Å². The van der Waals surface area contributed by atoms with Crippen molar-refractivity contribution in [2.24, 2.45) is 0 Å². The minimum absolute atomic E-state index is 0.131. The van der Waals surface area contributed by atoms with Crippen molar-refractivity contribution >= 4 is 34.0 Å². The quantitative estimate of drug-likeness (QED) is 0.792. The zero-order valence-electron chi connectivity index (χ0n) is 9.56. The van der Waals surface area contributed by atoms with Gasteiger partial charge in [-0.2, -0.15) is 0 Å². The fraction of sp³-hybridized carbons (Fsp3) is 0.500. The van der Waals surface area contributed by atoms with Gasteiger partial charge in [-0.05, 0) is 48.9 Å². The average Bonchev–Trinajstić information content (AvgIpc) is 2.38. The van der Waals surface area contributed by atoms with E-state index in [1.807, 2.05) is 28.7 Å². The van der Waals surface area contributed by atoms with Gasteiger partial charge in [-0.3, -0.25) is 0 Å². The van der Waals surface area contributed by atoms with Crippen molar-refractivity contribution in [3.05, 3.63) is 21.5 Å². The third-order valence-electron chi connectivity index (χ3n) is 3.10. The van der Waals surface area contributed by atoms with E-state index < -0.39 is 0 Å². The molecule has 1 unspecified atom stereocenters. The number of nitrogens with one attached hydrogen (secondary N) is 1.